The van der Waals surface area contributed by atoms with Crippen molar-refractivity contribution in [3.05, 3.63) is 163 Å². The van der Waals surface area contributed by atoms with Gasteiger partial charge < -0.3 is 47.8 Å². The van der Waals surface area contributed by atoms with Gasteiger partial charge >= 0.3 is 14.2 Å². The fraction of sp³-hybridized carbons (Fsp3) is 0.434. The maximum absolute atomic E-state index is 7.62. The summed E-state index contributed by atoms with van der Waals surface area (Å²) in [7, 11) is -0.686. The SMILES string of the molecule is BrCc1ccc(Br)cc1.Brc1ccc(COCCOCc2ccc(Br)cc2)cc1.CC1(C)OB(c2ccc(COCCOCc3ccc(B4OC(C)(C)C(C)(C)O4)cc3)cc2)OC1(C)C.OCCO. The Morgan fingerprint density at radius 2 is 0.594 bits per heavy atom. The summed E-state index contributed by atoms with van der Waals surface area (Å²) < 4.78 is 50.5. The maximum Gasteiger partial charge on any atom is 0.494 e. The number of rotatable bonds is 18. The fourth-order valence-corrected chi connectivity index (χ4v) is 7.40. The van der Waals surface area contributed by atoms with Gasteiger partial charge in [-0.25, -0.2) is 0 Å². The van der Waals surface area contributed by atoms with Crippen LogP contribution in [0.1, 0.15) is 83.2 Å². The minimum Gasteiger partial charge on any atom is -0.399 e. The largest absolute Gasteiger partial charge is 0.494 e. The van der Waals surface area contributed by atoms with Gasteiger partial charge in [-0.1, -0.05) is 149 Å². The minimum atomic E-state index is -0.343. The van der Waals surface area contributed by atoms with Crippen molar-refractivity contribution < 1.29 is 47.8 Å². The molecule has 69 heavy (non-hydrogen) atoms. The molecule has 2 aliphatic heterocycles. The van der Waals surface area contributed by atoms with Gasteiger partial charge in [-0.2, -0.15) is 0 Å². The third-order valence-corrected chi connectivity index (χ3v) is 14.1. The van der Waals surface area contributed by atoms with Crippen molar-refractivity contribution in [3.8, 4) is 0 Å². The van der Waals surface area contributed by atoms with Crippen molar-refractivity contribution in [1.29, 1.82) is 0 Å². The first-order valence-electron chi connectivity index (χ1n) is 23.0. The van der Waals surface area contributed by atoms with Gasteiger partial charge in [0.2, 0.25) is 0 Å². The molecule has 16 heteroatoms. The smallest absolute Gasteiger partial charge is 0.399 e. The van der Waals surface area contributed by atoms with Crippen LogP contribution in [0.2, 0.25) is 0 Å². The Kier molecular flexibility index (Phi) is 25.3. The molecule has 0 atom stereocenters. The van der Waals surface area contributed by atoms with Crippen LogP contribution in [0.5, 0.6) is 0 Å². The van der Waals surface area contributed by atoms with Gasteiger partial charge in [0.25, 0.3) is 0 Å². The summed E-state index contributed by atoms with van der Waals surface area (Å²) in [5.41, 5.74) is 6.53. The number of hydrogen-bond acceptors (Lipinski definition) is 10. The summed E-state index contributed by atoms with van der Waals surface area (Å²) >= 11 is 13.5. The number of aliphatic hydroxyl groups is 2. The van der Waals surface area contributed by atoms with Gasteiger partial charge in [0.05, 0.1) is 88.5 Å². The van der Waals surface area contributed by atoms with E-state index in [1.54, 1.807) is 0 Å². The lowest BCUT2D eigenvalue weighted by Gasteiger charge is -2.32. The van der Waals surface area contributed by atoms with Gasteiger partial charge in [0.1, 0.15) is 0 Å². The highest BCUT2D eigenvalue weighted by atomic mass is 79.9. The van der Waals surface area contributed by atoms with Crippen LogP contribution in [0, 0.1) is 0 Å². The zero-order valence-corrected chi connectivity index (χ0v) is 47.5. The molecule has 0 aliphatic carbocycles. The van der Waals surface area contributed by atoms with E-state index in [4.69, 9.17) is 47.8 Å². The summed E-state index contributed by atoms with van der Waals surface area (Å²) in [5.74, 6) is 0. The predicted molar refractivity (Wildman–Crippen MR) is 292 cm³/mol. The van der Waals surface area contributed by atoms with Crippen LogP contribution in [0.15, 0.2) is 135 Å². The van der Waals surface area contributed by atoms with E-state index in [-0.39, 0.29) is 49.9 Å². The molecular formula is C53H68B2Br4O10. The molecule has 2 aliphatic rings. The van der Waals surface area contributed by atoms with E-state index in [2.05, 4.69) is 156 Å². The first kappa shape index (κ1) is 59.3. The molecule has 2 heterocycles. The molecule has 0 amide bonds. The summed E-state index contributed by atoms with van der Waals surface area (Å²) in [6, 6.07) is 40.9. The standard InChI is InChI=1S/C28H40B2O6.C16H16Br2O2.C7H6Br2.C2H6O2/c1-25(2)26(3,4)34-29(33-25)23-13-9-21(10-14-23)19-31-17-18-32-20-22-11-15-24(16-12-22)30-35-27(5,6)28(7,8)36-30;17-15-5-1-13(2-6-15)11-19-9-10-20-12-14-3-7-16(18)8-4-14;8-5-6-1-3-7(9)4-2-6;3-1-2-4/h9-16H,17-20H2,1-8H3;1-8H,9-12H2;1-4H,5H2;3-4H,1-2H2. The highest BCUT2D eigenvalue weighted by Gasteiger charge is 2.52. The van der Waals surface area contributed by atoms with E-state index in [1.165, 1.54) is 16.7 Å². The monoisotopic (exact) mass is 1200 g/mol. The van der Waals surface area contributed by atoms with Crippen molar-refractivity contribution in [2.75, 3.05) is 39.6 Å². The molecule has 0 bridgehead atoms. The van der Waals surface area contributed by atoms with Crippen molar-refractivity contribution >= 4 is 88.9 Å². The third-order valence-electron chi connectivity index (χ3n) is 11.8. The van der Waals surface area contributed by atoms with E-state index < -0.39 is 0 Å². The van der Waals surface area contributed by atoms with Crippen LogP contribution >= 0.6 is 63.7 Å². The molecule has 2 N–H and O–H groups in total. The van der Waals surface area contributed by atoms with Crippen molar-refractivity contribution in [2.24, 2.45) is 0 Å². The fourth-order valence-electron chi connectivity index (χ4n) is 6.23. The average molecular weight is 1210 g/mol. The summed E-state index contributed by atoms with van der Waals surface area (Å²) in [6.07, 6.45) is 0. The summed E-state index contributed by atoms with van der Waals surface area (Å²) in [6.45, 7) is 20.8. The van der Waals surface area contributed by atoms with Gasteiger partial charge in [-0.05, 0) is 131 Å². The molecule has 0 aromatic heterocycles. The van der Waals surface area contributed by atoms with Gasteiger partial charge in [0.15, 0.2) is 0 Å². The number of benzene rings is 5. The zero-order chi connectivity index (χ0) is 50.5. The lowest BCUT2D eigenvalue weighted by Crippen LogP contribution is -2.41. The molecule has 0 unspecified atom stereocenters. The van der Waals surface area contributed by atoms with Crippen LogP contribution in [-0.4, -0.2) is 86.5 Å². The third kappa shape index (κ3) is 20.3. The van der Waals surface area contributed by atoms with Crippen LogP contribution in [0.4, 0.5) is 0 Å². The second-order valence-electron chi connectivity index (χ2n) is 18.3. The highest BCUT2D eigenvalue weighted by molar-refractivity contribution is 9.11. The van der Waals surface area contributed by atoms with Crippen LogP contribution in [-0.2, 0) is 69.3 Å². The maximum atomic E-state index is 7.62. The normalized spacial score (nSPS) is 16.1. The van der Waals surface area contributed by atoms with E-state index in [1.807, 2.05) is 84.9 Å². The quantitative estimate of drug-likeness (QED) is 0.0499. The first-order chi connectivity index (χ1) is 32.8. The lowest BCUT2D eigenvalue weighted by molar-refractivity contribution is 0.00578. The van der Waals surface area contributed by atoms with Crippen LogP contribution < -0.4 is 10.9 Å². The Labute approximate surface area is 445 Å². The van der Waals surface area contributed by atoms with E-state index in [0.29, 0.717) is 52.9 Å². The molecule has 7 rings (SSSR count). The number of hydrogen-bond donors (Lipinski definition) is 2. The number of alkyl halides is 1. The molecule has 2 saturated heterocycles. The Bertz CT molecular complexity index is 2030. The number of aliphatic hydroxyl groups excluding tert-OH is 2. The van der Waals surface area contributed by atoms with Gasteiger partial charge in [0, 0.05) is 18.7 Å². The molecule has 5 aromatic carbocycles. The van der Waals surface area contributed by atoms with E-state index >= 15 is 0 Å². The van der Waals surface area contributed by atoms with Crippen molar-refractivity contribution in [1.82, 2.24) is 0 Å². The number of halogens is 4. The van der Waals surface area contributed by atoms with Gasteiger partial charge in [-0.3, -0.25) is 0 Å². The van der Waals surface area contributed by atoms with Crippen LogP contribution in [0.3, 0.4) is 0 Å². The summed E-state index contributed by atoms with van der Waals surface area (Å²) in [4.78, 5) is 0. The average Bonchev–Trinajstić information content (AvgIpc) is 3.70. The lowest BCUT2D eigenvalue weighted by atomic mass is 9.79. The number of ether oxygens (including phenoxy) is 4. The Morgan fingerprint density at radius 3 is 0.812 bits per heavy atom. The van der Waals surface area contributed by atoms with Crippen molar-refractivity contribution in [3.63, 3.8) is 0 Å². The highest BCUT2D eigenvalue weighted by Crippen LogP contribution is 2.37. The van der Waals surface area contributed by atoms with Crippen LogP contribution in [0.25, 0.3) is 0 Å². The molecule has 374 valence electrons. The zero-order valence-electron chi connectivity index (χ0n) is 41.2. The summed E-state index contributed by atoms with van der Waals surface area (Å²) in [5, 5.41) is 16.2. The van der Waals surface area contributed by atoms with Crippen molar-refractivity contribution in [2.45, 2.75) is 110 Å². The van der Waals surface area contributed by atoms with E-state index in [9.17, 15) is 0 Å². The molecule has 0 spiro atoms. The molecule has 0 radical (unpaired) electrons. The molecular weight excluding hydrogens is 1140 g/mol. The molecule has 2 fully saturated rings. The van der Waals surface area contributed by atoms with Gasteiger partial charge in [-0.15, -0.1) is 0 Å². The second kappa shape index (κ2) is 29.4. The molecule has 5 aromatic rings. The Hall–Kier alpha value is -2.25. The van der Waals surface area contributed by atoms with E-state index in [0.717, 1.165) is 40.8 Å². The molecule has 0 saturated carbocycles. The topological polar surface area (TPSA) is 114 Å². The predicted octanol–water partition coefficient (Wildman–Crippen LogP) is 11.3. The Balaban J connectivity index is 0.000000260. The Morgan fingerprint density at radius 1 is 0.377 bits per heavy atom. The first-order valence-corrected chi connectivity index (χ1v) is 26.5. The second-order valence-corrected chi connectivity index (χ2v) is 21.6. The molecule has 10 nitrogen and oxygen atoms in total. The minimum absolute atomic E-state index is 0.125.